The van der Waals surface area contributed by atoms with E-state index < -0.39 is 0 Å². The topological polar surface area (TPSA) is 21.3 Å². The first-order valence-corrected chi connectivity index (χ1v) is 7.24. The Bertz CT molecular complexity index is 388. The summed E-state index contributed by atoms with van der Waals surface area (Å²) in [5, 5.41) is 3.14. The zero-order valence-corrected chi connectivity index (χ0v) is 11.9. The van der Waals surface area contributed by atoms with Gasteiger partial charge in [-0.3, -0.25) is 0 Å². The summed E-state index contributed by atoms with van der Waals surface area (Å²) in [5.41, 5.74) is 0.689. The maximum atomic E-state index is 13.7. The largest absolute Gasteiger partial charge is 0.376 e. The number of likely N-dealkylation sites (N-methyl/N-ethyl adjacent to an activating group) is 1. The van der Waals surface area contributed by atoms with E-state index in [1.165, 1.54) is 18.9 Å². The summed E-state index contributed by atoms with van der Waals surface area (Å²) in [5.74, 6) is 0.661. The second-order valence-electron chi connectivity index (χ2n) is 5.58. The third kappa shape index (κ3) is 4.02. The molecule has 1 N–H and O–H groups in total. The van der Waals surface area contributed by atoms with E-state index in [1.54, 1.807) is 6.07 Å². The van der Waals surface area contributed by atoms with Gasteiger partial charge in [0.25, 0.3) is 0 Å². The van der Waals surface area contributed by atoms with E-state index in [-0.39, 0.29) is 11.9 Å². The Kier molecular flexibility index (Phi) is 5.34. The van der Waals surface area contributed by atoms with Crippen LogP contribution in [0, 0.1) is 11.7 Å². The third-order valence-corrected chi connectivity index (χ3v) is 4.09. The fourth-order valence-electron chi connectivity index (χ4n) is 2.71. The molecule has 1 fully saturated rings. The van der Waals surface area contributed by atoms with Crippen LogP contribution in [0.4, 0.5) is 4.39 Å². The van der Waals surface area contributed by atoms with Crippen molar-refractivity contribution < 1.29 is 9.13 Å². The molecule has 1 unspecified atom stereocenters. The number of benzene rings is 1. The van der Waals surface area contributed by atoms with Crippen molar-refractivity contribution in [3.63, 3.8) is 0 Å². The molecule has 0 spiro atoms. The Hall–Kier alpha value is -0.930. The number of halogens is 1. The molecule has 19 heavy (non-hydrogen) atoms. The smallest absolute Gasteiger partial charge is 0.128 e. The van der Waals surface area contributed by atoms with Crippen molar-refractivity contribution in [2.75, 3.05) is 13.7 Å². The van der Waals surface area contributed by atoms with Crippen molar-refractivity contribution >= 4 is 0 Å². The molecular formula is C16H24FNO. The van der Waals surface area contributed by atoms with Gasteiger partial charge in [-0.1, -0.05) is 25.1 Å². The molecule has 1 aliphatic rings. The van der Waals surface area contributed by atoms with Crippen LogP contribution in [0.3, 0.4) is 0 Å². The molecule has 0 saturated heterocycles. The zero-order chi connectivity index (χ0) is 13.7. The van der Waals surface area contributed by atoms with Gasteiger partial charge < -0.3 is 10.1 Å². The highest BCUT2D eigenvalue weighted by atomic mass is 19.1. The van der Waals surface area contributed by atoms with E-state index in [9.17, 15) is 4.39 Å². The highest BCUT2D eigenvalue weighted by Crippen LogP contribution is 2.26. The summed E-state index contributed by atoms with van der Waals surface area (Å²) in [6.07, 6.45) is 5.10. The molecule has 1 saturated carbocycles. The molecule has 0 aromatic heterocycles. The molecule has 2 nitrogen and oxygen atoms in total. The summed E-state index contributed by atoms with van der Waals surface area (Å²) >= 11 is 0. The van der Waals surface area contributed by atoms with Crippen LogP contribution in [-0.2, 0) is 4.74 Å². The number of rotatable bonds is 5. The summed E-state index contributed by atoms with van der Waals surface area (Å²) in [6.45, 7) is 2.84. The van der Waals surface area contributed by atoms with E-state index in [0.29, 0.717) is 18.3 Å². The average molecular weight is 265 g/mol. The lowest BCUT2D eigenvalue weighted by molar-refractivity contribution is 0.00841. The lowest BCUT2D eigenvalue weighted by Gasteiger charge is -2.28. The maximum Gasteiger partial charge on any atom is 0.128 e. The van der Waals surface area contributed by atoms with Crippen molar-refractivity contribution in [3.05, 3.63) is 35.6 Å². The van der Waals surface area contributed by atoms with Crippen LogP contribution in [-0.4, -0.2) is 19.8 Å². The summed E-state index contributed by atoms with van der Waals surface area (Å²) in [4.78, 5) is 0. The fourth-order valence-corrected chi connectivity index (χ4v) is 2.71. The molecule has 2 rings (SSSR count). The maximum absolute atomic E-state index is 13.7. The Morgan fingerprint density at radius 1 is 1.26 bits per heavy atom. The third-order valence-electron chi connectivity index (χ3n) is 4.09. The molecule has 0 amide bonds. The Morgan fingerprint density at radius 3 is 2.58 bits per heavy atom. The van der Waals surface area contributed by atoms with Crippen LogP contribution in [0.1, 0.15) is 44.2 Å². The number of hydrogen-bond donors (Lipinski definition) is 1. The minimum Gasteiger partial charge on any atom is -0.376 e. The van der Waals surface area contributed by atoms with E-state index in [1.807, 2.05) is 19.2 Å². The van der Waals surface area contributed by atoms with Crippen molar-refractivity contribution in [1.29, 1.82) is 0 Å². The molecule has 0 aliphatic heterocycles. The lowest BCUT2D eigenvalue weighted by Crippen LogP contribution is -2.28. The van der Waals surface area contributed by atoms with E-state index in [2.05, 4.69) is 12.2 Å². The van der Waals surface area contributed by atoms with Gasteiger partial charge in [-0.05, 0) is 44.7 Å². The van der Waals surface area contributed by atoms with Gasteiger partial charge >= 0.3 is 0 Å². The van der Waals surface area contributed by atoms with Gasteiger partial charge in [-0.2, -0.15) is 0 Å². The van der Waals surface area contributed by atoms with Crippen LogP contribution in [0.2, 0.25) is 0 Å². The van der Waals surface area contributed by atoms with Gasteiger partial charge in [-0.15, -0.1) is 0 Å². The summed E-state index contributed by atoms with van der Waals surface area (Å²) < 4.78 is 19.7. The quantitative estimate of drug-likeness (QED) is 0.877. The Labute approximate surface area is 115 Å². The van der Waals surface area contributed by atoms with Crippen molar-refractivity contribution in [1.82, 2.24) is 5.32 Å². The van der Waals surface area contributed by atoms with Gasteiger partial charge in [0.15, 0.2) is 0 Å². The zero-order valence-electron chi connectivity index (χ0n) is 11.9. The molecule has 1 aromatic carbocycles. The standard InChI is InChI=1S/C16H24FNO/c1-12-7-9-13(10-8-12)19-11-16(18-2)14-5-3-4-6-15(14)17/h3-6,12-13,16,18H,7-11H2,1-2H3. The van der Waals surface area contributed by atoms with Crippen LogP contribution in [0.15, 0.2) is 24.3 Å². The summed E-state index contributed by atoms with van der Waals surface area (Å²) in [7, 11) is 1.85. The minimum absolute atomic E-state index is 0.0689. The first-order chi connectivity index (χ1) is 9.20. The van der Waals surface area contributed by atoms with Gasteiger partial charge in [0.2, 0.25) is 0 Å². The number of hydrogen-bond acceptors (Lipinski definition) is 2. The monoisotopic (exact) mass is 265 g/mol. The van der Waals surface area contributed by atoms with Crippen LogP contribution in [0.25, 0.3) is 0 Å². The Balaban J connectivity index is 1.88. The molecule has 0 heterocycles. The fraction of sp³-hybridized carbons (Fsp3) is 0.625. The predicted molar refractivity (Wildman–Crippen MR) is 75.6 cm³/mol. The number of nitrogens with one attached hydrogen (secondary N) is 1. The van der Waals surface area contributed by atoms with Crippen molar-refractivity contribution in [2.45, 2.75) is 44.8 Å². The molecule has 3 heteroatoms. The van der Waals surface area contributed by atoms with Gasteiger partial charge in [0.05, 0.1) is 18.8 Å². The van der Waals surface area contributed by atoms with E-state index >= 15 is 0 Å². The normalized spacial score (nSPS) is 25.2. The molecule has 0 bridgehead atoms. The lowest BCUT2D eigenvalue weighted by atomic mass is 9.89. The average Bonchev–Trinajstić information content (AvgIpc) is 2.43. The SMILES string of the molecule is CNC(COC1CCC(C)CC1)c1ccccc1F. The molecule has 0 radical (unpaired) electrons. The first-order valence-electron chi connectivity index (χ1n) is 7.24. The van der Waals surface area contributed by atoms with Gasteiger partial charge in [0.1, 0.15) is 5.82 Å². The molecular weight excluding hydrogens is 241 g/mol. The first kappa shape index (κ1) is 14.5. The second-order valence-corrected chi connectivity index (χ2v) is 5.58. The molecule has 1 aliphatic carbocycles. The molecule has 106 valence electrons. The summed E-state index contributed by atoms with van der Waals surface area (Å²) in [6, 6.07) is 6.84. The second kappa shape index (κ2) is 7.01. The van der Waals surface area contributed by atoms with Crippen LogP contribution in [0.5, 0.6) is 0 Å². The number of ether oxygens (including phenoxy) is 1. The van der Waals surface area contributed by atoms with Gasteiger partial charge in [-0.25, -0.2) is 4.39 Å². The highest BCUT2D eigenvalue weighted by Gasteiger charge is 2.21. The molecule has 1 atom stereocenters. The van der Waals surface area contributed by atoms with Crippen molar-refractivity contribution in [2.24, 2.45) is 5.92 Å². The van der Waals surface area contributed by atoms with Crippen LogP contribution >= 0.6 is 0 Å². The van der Waals surface area contributed by atoms with Gasteiger partial charge in [0, 0.05) is 5.56 Å². The van der Waals surface area contributed by atoms with Crippen LogP contribution < -0.4 is 5.32 Å². The Morgan fingerprint density at radius 2 is 1.95 bits per heavy atom. The minimum atomic E-state index is -0.164. The van der Waals surface area contributed by atoms with E-state index in [4.69, 9.17) is 4.74 Å². The van der Waals surface area contributed by atoms with Crippen molar-refractivity contribution in [3.8, 4) is 0 Å². The van der Waals surface area contributed by atoms with E-state index in [0.717, 1.165) is 18.8 Å². The predicted octanol–water partition coefficient (Wildman–Crippen LogP) is 3.68. The highest BCUT2D eigenvalue weighted by molar-refractivity contribution is 5.21. The molecule has 1 aromatic rings.